The number of thioether (sulfide) groups is 1. The summed E-state index contributed by atoms with van der Waals surface area (Å²) in [6, 6.07) is 11.6. The van der Waals surface area contributed by atoms with Crippen molar-refractivity contribution in [3.63, 3.8) is 0 Å². The highest BCUT2D eigenvalue weighted by Crippen LogP contribution is 2.40. The molecule has 1 aliphatic heterocycles. The number of amidine groups is 1. The van der Waals surface area contributed by atoms with Gasteiger partial charge in [-0.3, -0.25) is 24.8 Å². The van der Waals surface area contributed by atoms with Crippen LogP contribution in [0.15, 0.2) is 69.2 Å². The Bertz CT molecular complexity index is 1350. The molecule has 178 valence electrons. The molecule has 10 heteroatoms. The van der Waals surface area contributed by atoms with E-state index in [9.17, 15) is 14.9 Å². The number of para-hydroxylation sites is 1. The quantitative estimate of drug-likeness (QED) is 0.212. The summed E-state index contributed by atoms with van der Waals surface area (Å²) in [7, 11) is 0. The van der Waals surface area contributed by atoms with Gasteiger partial charge in [-0.15, -0.1) is 0 Å². The first kappa shape index (κ1) is 23.3. The van der Waals surface area contributed by atoms with Crippen molar-refractivity contribution in [3.05, 3.63) is 80.7 Å². The van der Waals surface area contributed by atoms with Gasteiger partial charge in [0.15, 0.2) is 5.17 Å². The van der Waals surface area contributed by atoms with Crippen molar-refractivity contribution in [2.45, 2.75) is 38.1 Å². The fraction of sp³-hybridized carbons (Fsp3) is 0.240. The first-order valence-corrected chi connectivity index (χ1v) is 12.5. The van der Waals surface area contributed by atoms with Crippen LogP contribution >= 0.6 is 23.4 Å². The van der Waals surface area contributed by atoms with Gasteiger partial charge < -0.3 is 4.42 Å². The standard InChI is InChI=1S/C25H21ClN4O4S/c26-19-15-27-13-12-20(19)28-25-29(16-6-2-1-3-7-16)24(31)23(35-25)14-17-10-11-22(34-17)18-8-4-5-9-21(18)30(32)33/h4-5,8-16H,1-3,6-7H2/b23-14+,28-25?. The van der Waals surface area contributed by atoms with E-state index in [2.05, 4.69) is 4.98 Å². The smallest absolute Gasteiger partial charge is 0.280 e. The molecule has 3 aromatic rings. The molecule has 5 rings (SSSR count). The molecule has 1 amide bonds. The van der Waals surface area contributed by atoms with Gasteiger partial charge in [-0.05, 0) is 48.9 Å². The summed E-state index contributed by atoms with van der Waals surface area (Å²) in [6.07, 6.45) is 9.95. The van der Waals surface area contributed by atoms with Crippen LogP contribution in [-0.2, 0) is 4.79 Å². The monoisotopic (exact) mass is 508 g/mol. The summed E-state index contributed by atoms with van der Waals surface area (Å²) < 4.78 is 5.89. The zero-order valence-electron chi connectivity index (χ0n) is 18.6. The molecule has 1 aromatic carbocycles. The molecule has 2 aliphatic rings. The lowest BCUT2D eigenvalue weighted by molar-refractivity contribution is -0.384. The molecular formula is C25H21ClN4O4S. The molecule has 0 radical (unpaired) electrons. The number of halogens is 1. The molecule has 35 heavy (non-hydrogen) atoms. The van der Waals surface area contributed by atoms with Crippen molar-refractivity contribution in [3.8, 4) is 11.3 Å². The highest BCUT2D eigenvalue weighted by Gasteiger charge is 2.39. The number of benzene rings is 1. The second-order valence-electron chi connectivity index (χ2n) is 8.28. The molecular weight excluding hydrogens is 488 g/mol. The van der Waals surface area contributed by atoms with Crippen molar-refractivity contribution in [1.29, 1.82) is 0 Å². The number of nitro benzene ring substituents is 1. The van der Waals surface area contributed by atoms with Gasteiger partial charge in [-0.1, -0.05) is 43.0 Å². The van der Waals surface area contributed by atoms with E-state index in [1.54, 1.807) is 53.6 Å². The lowest BCUT2D eigenvalue weighted by Crippen LogP contribution is -2.40. The number of hydrogen-bond acceptors (Lipinski definition) is 7. The van der Waals surface area contributed by atoms with Gasteiger partial charge in [-0.25, -0.2) is 4.99 Å². The van der Waals surface area contributed by atoms with Gasteiger partial charge in [0.05, 0.1) is 26.1 Å². The molecule has 0 unspecified atom stereocenters. The number of nitro groups is 1. The van der Waals surface area contributed by atoms with Gasteiger partial charge in [0.1, 0.15) is 11.5 Å². The van der Waals surface area contributed by atoms with Gasteiger partial charge in [0.25, 0.3) is 11.6 Å². The van der Waals surface area contributed by atoms with Crippen molar-refractivity contribution >= 4 is 51.9 Å². The number of furan rings is 1. The number of pyridine rings is 1. The Kier molecular flexibility index (Phi) is 6.70. The Hall–Kier alpha value is -3.43. The number of aliphatic imine (C=N–C) groups is 1. The predicted molar refractivity (Wildman–Crippen MR) is 136 cm³/mol. The van der Waals surface area contributed by atoms with E-state index in [1.807, 2.05) is 0 Å². The molecule has 8 nitrogen and oxygen atoms in total. The van der Waals surface area contributed by atoms with Gasteiger partial charge in [0, 0.05) is 30.6 Å². The van der Waals surface area contributed by atoms with Crippen molar-refractivity contribution in [1.82, 2.24) is 9.88 Å². The SMILES string of the molecule is O=C1/C(=C\c2ccc(-c3ccccc3[N+](=O)[O-])o2)SC(=Nc2ccncc2Cl)N1C1CCCCC1. The fourth-order valence-corrected chi connectivity index (χ4v) is 5.53. The Morgan fingerprint density at radius 3 is 2.74 bits per heavy atom. The van der Waals surface area contributed by atoms with Crippen molar-refractivity contribution in [2.24, 2.45) is 4.99 Å². The van der Waals surface area contributed by atoms with Gasteiger partial charge in [-0.2, -0.15) is 0 Å². The molecule has 0 atom stereocenters. The highest BCUT2D eigenvalue weighted by atomic mass is 35.5. The Balaban J connectivity index is 1.49. The average molecular weight is 509 g/mol. The minimum Gasteiger partial charge on any atom is -0.456 e. The van der Waals surface area contributed by atoms with E-state index >= 15 is 0 Å². The third-order valence-corrected chi connectivity index (χ3v) is 7.28. The van der Waals surface area contributed by atoms with Crippen LogP contribution in [0.1, 0.15) is 37.9 Å². The maximum atomic E-state index is 13.5. The molecule has 1 saturated carbocycles. The number of hydrogen-bond donors (Lipinski definition) is 0. The topological polar surface area (TPSA) is 102 Å². The van der Waals surface area contributed by atoms with Crippen LogP contribution in [0.5, 0.6) is 0 Å². The molecule has 0 spiro atoms. The van der Waals surface area contributed by atoms with Crippen LogP contribution in [0.25, 0.3) is 17.4 Å². The van der Waals surface area contributed by atoms with Crippen LogP contribution in [0.2, 0.25) is 5.02 Å². The van der Waals surface area contributed by atoms with E-state index < -0.39 is 4.92 Å². The van der Waals surface area contributed by atoms with E-state index in [0.29, 0.717) is 37.9 Å². The van der Waals surface area contributed by atoms with Crippen LogP contribution < -0.4 is 0 Å². The second kappa shape index (κ2) is 10.1. The lowest BCUT2D eigenvalue weighted by atomic mass is 9.94. The minimum absolute atomic E-state index is 0.0421. The molecule has 3 heterocycles. The summed E-state index contributed by atoms with van der Waals surface area (Å²) in [5.41, 5.74) is 0.890. The van der Waals surface area contributed by atoms with Crippen molar-refractivity contribution in [2.75, 3.05) is 0 Å². The molecule has 2 fully saturated rings. The molecule has 2 aromatic heterocycles. The minimum atomic E-state index is -0.443. The predicted octanol–water partition coefficient (Wildman–Crippen LogP) is 6.84. The van der Waals surface area contributed by atoms with Gasteiger partial charge >= 0.3 is 0 Å². The number of carbonyl (C=O) groups is 1. The third kappa shape index (κ3) is 4.87. The molecule has 0 bridgehead atoms. The molecule has 1 saturated heterocycles. The Morgan fingerprint density at radius 2 is 1.97 bits per heavy atom. The maximum absolute atomic E-state index is 13.5. The zero-order valence-corrected chi connectivity index (χ0v) is 20.2. The number of carbonyl (C=O) groups excluding carboxylic acids is 1. The van der Waals surface area contributed by atoms with Crippen LogP contribution in [-0.4, -0.2) is 31.9 Å². The van der Waals surface area contributed by atoms with E-state index in [1.165, 1.54) is 24.0 Å². The number of rotatable bonds is 5. The normalized spacial score (nSPS) is 19.1. The summed E-state index contributed by atoms with van der Waals surface area (Å²) in [5.74, 6) is 0.663. The Labute approximate surface area is 210 Å². The molecule has 1 aliphatic carbocycles. The largest absolute Gasteiger partial charge is 0.456 e. The van der Waals surface area contributed by atoms with E-state index in [-0.39, 0.29) is 17.6 Å². The first-order valence-electron chi connectivity index (χ1n) is 11.3. The second-order valence-corrected chi connectivity index (χ2v) is 9.69. The number of aromatic nitrogens is 1. The summed E-state index contributed by atoms with van der Waals surface area (Å²) in [4.78, 5) is 35.4. The fourth-order valence-electron chi connectivity index (χ4n) is 4.33. The number of amides is 1. The van der Waals surface area contributed by atoms with Crippen molar-refractivity contribution < 1.29 is 14.1 Å². The summed E-state index contributed by atoms with van der Waals surface area (Å²) in [6.45, 7) is 0. The first-order chi connectivity index (χ1) is 17.0. The zero-order chi connectivity index (χ0) is 24.4. The van der Waals surface area contributed by atoms with Gasteiger partial charge in [0.2, 0.25) is 0 Å². The molecule has 0 N–H and O–H groups in total. The maximum Gasteiger partial charge on any atom is 0.280 e. The Morgan fingerprint density at radius 1 is 1.17 bits per heavy atom. The van der Waals surface area contributed by atoms with Crippen LogP contribution in [0.4, 0.5) is 11.4 Å². The van der Waals surface area contributed by atoms with E-state index in [4.69, 9.17) is 21.0 Å². The average Bonchev–Trinajstić information content (AvgIpc) is 3.45. The summed E-state index contributed by atoms with van der Waals surface area (Å²) in [5, 5.41) is 12.4. The van der Waals surface area contributed by atoms with E-state index in [0.717, 1.165) is 32.1 Å². The summed E-state index contributed by atoms with van der Waals surface area (Å²) >= 11 is 7.55. The third-order valence-electron chi connectivity index (χ3n) is 6.01. The van der Waals surface area contributed by atoms with Crippen LogP contribution in [0, 0.1) is 10.1 Å². The van der Waals surface area contributed by atoms with Crippen LogP contribution in [0.3, 0.4) is 0 Å². The number of nitrogens with zero attached hydrogens (tertiary/aromatic N) is 4. The highest BCUT2D eigenvalue weighted by molar-refractivity contribution is 8.18. The lowest BCUT2D eigenvalue weighted by Gasteiger charge is -2.30.